The fourth-order valence-corrected chi connectivity index (χ4v) is 3.90. The fraction of sp³-hybridized carbons (Fsp3) is 0.286. The third-order valence-corrected chi connectivity index (χ3v) is 5.47. The van der Waals surface area contributed by atoms with Crippen LogP contribution in [0, 0.1) is 6.92 Å². The lowest BCUT2D eigenvalue weighted by atomic mass is 10.1. The van der Waals surface area contributed by atoms with Crippen LogP contribution in [-0.4, -0.2) is 53.3 Å². The van der Waals surface area contributed by atoms with Crippen molar-refractivity contribution in [2.24, 2.45) is 0 Å². The number of nitrogens with zero attached hydrogens (tertiary/aromatic N) is 2. The third-order valence-electron chi connectivity index (χ3n) is 5.16. The van der Waals surface area contributed by atoms with E-state index in [2.05, 4.69) is 0 Å². The van der Waals surface area contributed by atoms with Gasteiger partial charge in [0, 0.05) is 13.1 Å². The molecule has 28 heavy (non-hydrogen) atoms. The number of hydrogen-bond acceptors (Lipinski definition) is 4. The van der Waals surface area contributed by atoms with E-state index in [1.807, 2.05) is 31.2 Å². The van der Waals surface area contributed by atoms with Gasteiger partial charge in [0.2, 0.25) is 0 Å². The van der Waals surface area contributed by atoms with Crippen LogP contribution >= 0.6 is 11.6 Å². The molecule has 2 aliphatic heterocycles. The van der Waals surface area contributed by atoms with Gasteiger partial charge in [0.1, 0.15) is 5.75 Å². The molecular weight excluding hydrogens is 380 g/mol. The Morgan fingerprint density at radius 3 is 2.61 bits per heavy atom. The molecule has 4 rings (SSSR count). The number of imide groups is 1. The Labute approximate surface area is 167 Å². The van der Waals surface area contributed by atoms with Crippen LogP contribution in [0.2, 0.25) is 5.02 Å². The molecule has 1 fully saturated rings. The van der Waals surface area contributed by atoms with Crippen LogP contribution in [0.3, 0.4) is 0 Å². The van der Waals surface area contributed by atoms with Gasteiger partial charge in [-0.05, 0) is 37.6 Å². The van der Waals surface area contributed by atoms with Crippen molar-refractivity contribution in [1.29, 1.82) is 0 Å². The molecule has 0 aliphatic carbocycles. The average Bonchev–Trinajstić information content (AvgIpc) is 3.25. The van der Waals surface area contributed by atoms with Crippen molar-refractivity contribution in [3.05, 3.63) is 64.2 Å². The summed E-state index contributed by atoms with van der Waals surface area (Å²) in [6.07, 6.45) is 0.541. The molecule has 0 aromatic heterocycles. The number of fused-ring (bicyclic) bond motifs is 1. The number of aryl methyl sites for hydroxylation is 1. The van der Waals surface area contributed by atoms with Crippen LogP contribution in [0.4, 0.5) is 0 Å². The number of amides is 3. The Morgan fingerprint density at radius 1 is 1.14 bits per heavy atom. The Hall–Kier alpha value is -2.86. The lowest BCUT2D eigenvalue weighted by Gasteiger charge is -2.22. The topological polar surface area (TPSA) is 66.9 Å². The summed E-state index contributed by atoms with van der Waals surface area (Å²) in [5.74, 6) is -0.277. The molecule has 3 amide bonds. The van der Waals surface area contributed by atoms with Gasteiger partial charge in [-0.2, -0.15) is 0 Å². The number of ether oxygens (including phenoxy) is 1. The number of halogens is 1. The SMILES string of the molecule is Cc1ccc(OCC(=O)N2CCC(N3C(=O)c4cccc(Cl)c4C3=O)C2)cc1. The van der Waals surface area contributed by atoms with Crippen molar-refractivity contribution in [3.8, 4) is 5.75 Å². The normalized spacial score (nSPS) is 18.6. The first-order valence-corrected chi connectivity index (χ1v) is 9.47. The van der Waals surface area contributed by atoms with Gasteiger partial charge < -0.3 is 9.64 Å². The molecule has 7 heteroatoms. The fourth-order valence-electron chi connectivity index (χ4n) is 3.64. The van der Waals surface area contributed by atoms with E-state index < -0.39 is 0 Å². The monoisotopic (exact) mass is 398 g/mol. The largest absolute Gasteiger partial charge is 0.484 e. The van der Waals surface area contributed by atoms with Crippen LogP contribution in [0.15, 0.2) is 42.5 Å². The maximum Gasteiger partial charge on any atom is 0.263 e. The van der Waals surface area contributed by atoms with Crippen molar-refractivity contribution in [3.63, 3.8) is 0 Å². The Bertz CT molecular complexity index is 957. The van der Waals surface area contributed by atoms with E-state index in [0.717, 1.165) is 5.56 Å². The number of benzene rings is 2. The highest BCUT2D eigenvalue weighted by Crippen LogP contribution is 2.32. The van der Waals surface area contributed by atoms with Gasteiger partial charge >= 0.3 is 0 Å². The quantitative estimate of drug-likeness (QED) is 0.743. The van der Waals surface area contributed by atoms with Gasteiger partial charge in [-0.25, -0.2) is 0 Å². The van der Waals surface area contributed by atoms with Crippen molar-refractivity contribution < 1.29 is 19.1 Å². The average molecular weight is 399 g/mol. The van der Waals surface area contributed by atoms with E-state index in [0.29, 0.717) is 30.8 Å². The summed E-state index contributed by atoms with van der Waals surface area (Å²) in [5.41, 5.74) is 1.69. The number of carbonyl (C=O) groups is 3. The third kappa shape index (κ3) is 3.24. The highest BCUT2D eigenvalue weighted by atomic mass is 35.5. The number of hydrogen-bond donors (Lipinski definition) is 0. The summed E-state index contributed by atoms with van der Waals surface area (Å²) in [4.78, 5) is 40.7. The zero-order chi connectivity index (χ0) is 19.8. The maximum atomic E-state index is 12.7. The van der Waals surface area contributed by atoms with Crippen LogP contribution in [0.25, 0.3) is 0 Å². The molecule has 0 N–H and O–H groups in total. The van der Waals surface area contributed by atoms with Crippen LogP contribution in [0.1, 0.15) is 32.7 Å². The molecule has 1 atom stereocenters. The molecule has 2 heterocycles. The van der Waals surface area contributed by atoms with Crippen LogP contribution in [0.5, 0.6) is 5.75 Å². The van der Waals surface area contributed by atoms with Gasteiger partial charge in [-0.1, -0.05) is 35.4 Å². The summed E-state index contributed by atoms with van der Waals surface area (Å²) in [5, 5.41) is 0.274. The minimum absolute atomic E-state index is 0.0796. The number of likely N-dealkylation sites (tertiary alicyclic amines) is 1. The van der Waals surface area contributed by atoms with E-state index in [9.17, 15) is 14.4 Å². The van der Waals surface area contributed by atoms with Crippen LogP contribution < -0.4 is 4.74 Å². The predicted octanol–water partition coefficient (Wildman–Crippen LogP) is 2.92. The molecule has 1 saturated heterocycles. The smallest absolute Gasteiger partial charge is 0.263 e. The van der Waals surface area contributed by atoms with E-state index >= 15 is 0 Å². The second-order valence-electron chi connectivity index (χ2n) is 7.03. The molecule has 2 aromatic rings. The Balaban J connectivity index is 1.40. The maximum absolute atomic E-state index is 12.7. The zero-order valence-electron chi connectivity index (χ0n) is 15.4. The van der Waals surface area contributed by atoms with Crippen molar-refractivity contribution in [2.75, 3.05) is 19.7 Å². The summed E-state index contributed by atoms with van der Waals surface area (Å²) in [7, 11) is 0. The second kappa shape index (κ2) is 7.28. The van der Waals surface area contributed by atoms with Crippen LogP contribution in [-0.2, 0) is 4.79 Å². The molecule has 6 nitrogen and oxygen atoms in total. The highest BCUT2D eigenvalue weighted by molar-refractivity contribution is 6.37. The van der Waals surface area contributed by atoms with Gasteiger partial charge in [0.15, 0.2) is 6.61 Å². The minimum Gasteiger partial charge on any atom is -0.484 e. The number of carbonyl (C=O) groups excluding carboxylic acids is 3. The minimum atomic E-state index is -0.388. The lowest BCUT2D eigenvalue weighted by molar-refractivity contribution is -0.132. The van der Waals surface area contributed by atoms with Gasteiger partial charge in [0.05, 0.1) is 22.2 Å². The molecule has 2 aromatic carbocycles. The standard InChI is InChI=1S/C21H19ClN2O4/c1-13-5-7-15(8-6-13)28-12-18(25)23-10-9-14(11-23)24-20(26)16-3-2-4-17(22)19(16)21(24)27/h2-8,14H,9-12H2,1H3. The summed E-state index contributed by atoms with van der Waals surface area (Å²) < 4.78 is 5.55. The lowest BCUT2D eigenvalue weighted by Crippen LogP contribution is -2.43. The van der Waals surface area contributed by atoms with E-state index in [4.69, 9.17) is 16.3 Å². The van der Waals surface area contributed by atoms with Gasteiger partial charge in [-0.15, -0.1) is 0 Å². The first-order valence-electron chi connectivity index (χ1n) is 9.09. The molecule has 0 saturated carbocycles. The van der Waals surface area contributed by atoms with Gasteiger partial charge in [-0.3, -0.25) is 19.3 Å². The van der Waals surface area contributed by atoms with E-state index in [-0.39, 0.29) is 41.0 Å². The van der Waals surface area contributed by atoms with Gasteiger partial charge in [0.25, 0.3) is 17.7 Å². The second-order valence-corrected chi connectivity index (χ2v) is 7.43. The molecule has 0 bridgehead atoms. The predicted molar refractivity (Wildman–Crippen MR) is 104 cm³/mol. The molecule has 1 unspecified atom stereocenters. The molecular formula is C21H19ClN2O4. The van der Waals surface area contributed by atoms with E-state index in [1.54, 1.807) is 23.1 Å². The first-order chi connectivity index (χ1) is 13.5. The molecule has 2 aliphatic rings. The molecule has 0 radical (unpaired) electrons. The summed E-state index contributed by atoms with van der Waals surface area (Å²) >= 11 is 6.11. The van der Waals surface area contributed by atoms with Crippen molar-refractivity contribution >= 4 is 29.3 Å². The Kier molecular flexibility index (Phi) is 4.81. The van der Waals surface area contributed by atoms with E-state index in [1.165, 1.54) is 4.90 Å². The van der Waals surface area contributed by atoms with Crippen molar-refractivity contribution in [2.45, 2.75) is 19.4 Å². The van der Waals surface area contributed by atoms with Crippen molar-refractivity contribution in [1.82, 2.24) is 9.80 Å². The number of rotatable bonds is 4. The molecule has 0 spiro atoms. The summed E-state index contributed by atoms with van der Waals surface area (Å²) in [6, 6.07) is 12.0. The summed E-state index contributed by atoms with van der Waals surface area (Å²) in [6.45, 7) is 2.68. The first kappa shape index (κ1) is 18.5. The zero-order valence-corrected chi connectivity index (χ0v) is 16.1. The highest BCUT2D eigenvalue weighted by Gasteiger charge is 2.44. The Morgan fingerprint density at radius 2 is 1.89 bits per heavy atom. The molecule has 144 valence electrons.